The molecule has 0 fully saturated rings. The van der Waals surface area contributed by atoms with Gasteiger partial charge in [-0.3, -0.25) is 19.8 Å². The normalized spacial score (nSPS) is 15.3. The van der Waals surface area contributed by atoms with E-state index in [0.717, 1.165) is 33.7 Å². The van der Waals surface area contributed by atoms with Gasteiger partial charge < -0.3 is 10.6 Å². The van der Waals surface area contributed by atoms with E-state index in [9.17, 15) is 9.59 Å². The van der Waals surface area contributed by atoms with Crippen molar-refractivity contribution in [1.29, 1.82) is 0 Å². The first-order valence-electron chi connectivity index (χ1n) is 11.1. The fraction of sp³-hybridized carbons (Fsp3) is 0.148. The summed E-state index contributed by atoms with van der Waals surface area (Å²) in [5.74, 6) is -0.683. The van der Waals surface area contributed by atoms with Crippen molar-refractivity contribution in [2.24, 2.45) is 4.99 Å². The van der Waals surface area contributed by atoms with Crippen LogP contribution < -0.4 is 16.1 Å². The lowest BCUT2D eigenvalue weighted by Crippen LogP contribution is -2.29. The standard InChI is InChI=1S/C27H26N4O3/c32-25(31-34)15-14-19-10-12-20(13-11-19)18-28-17-16-24-27(33)30-23-9-5-4-8-22(23)26(29-24)21-6-2-1-3-7-21/h1-15,24,28,34H,16-18H2,(H,30,33)(H,31,32)/t24-/m0/s1. The summed E-state index contributed by atoms with van der Waals surface area (Å²) < 4.78 is 0. The first-order chi connectivity index (χ1) is 16.6. The minimum absolute atomic E-state index is 0.108. The molecule has 0 aliphatic carbocycles. The second-order valence-electron chi connectivity index (χ2n) is 7.91. The molecule has 2 amide bonds. The number of aliphatic imine (C=N–C) groups is 1. The molecular formula is C27H26N4O3. The molecule has 1 aliphatic heterocycles. The molecule has 7 nitrogen and oxygen atoms in total. The third-order valence-corrected chi connectivity index (χ3v) is 5.52. The van der Waals surface area contributed by atoms with Crippen LogP contribution in [0.4, 0.5) is 5.69 Å². The predicted octanol–water partition coefficient (Wildman–Crippen LogP) is 3.54. The van der Waals surface area contributed by atoms with Gasteiger partial charge in [0.2, 0.25) is 5.91 Å². The number of anilines is 1. The number of para-hydroxylation sites is 1. The van der Waals surface area contributed by atoms with Gasteiger partial charge in [-0.1, -0.05) is 72.8 Å². The highest BCUT2D eigenvalue weighted by molar-refractivity contribution is 6.19. The molecule has 0 radical (unpaired) electrons. The number of benzene rings is 3. The Morgan fingerprint density at radius 2 is 1.74 bits per heavy atom. The van der Waals surface area contributed by atoms with Gasteiger partial charge >= 0.3 is 0 Å². The number of hydrogen-bond acceptors (Lipinski definition) is 5. The molecule has 7 heteroatoms. The van der Waals surface area contributed by atoms with Gasteiger partial charge in [0.1, 0.15) is 6.04 Å². The first-order valence-corrected chi connectivity index (χ1v) is 11.1. The van der Waals surface area contributed by atoms with Crippen molar-refractivity contribution in [3.63, 3.8) is 0 Å². The van der Waals surface area contributed by atoms with Crippen molar-refractivity contribution >= 4 is 29.3 Å². The third kappa shape index (κ3) is 5.83. The lowest BCUT2D eigenvalue weighted by Gasteiger charge is -2.12. The highest BCUT2D eigenvalue weighted by Crippen LogP contribution is 2.24. The molecular weight excluding hydrogens is 428 g/mol. The second kappa shape index (κ2) is 11.2. The van der Waals surface area contributed by atoms with Crippen LogP contribution in [0, 0.1) is 0 Å². The number of rotatable bonds is 8. The van der Waals surface area contributed by atoms with Gasteiger partial charge in [-0.15, -0.1) is 0 Å². The molecule has 34 heavy (non-hydrogen) atoms. The summed E-state index contributed by atoms with van der Waals surface area (Å²) in [6.45, 7) is 1.27. The number of amides is 2. The summed E-state index contributed by atoms with van der Waals surface area (Å²) in [5, 5.41) is 14.9. The zero-order chi connectivity index (χ0) is 23.8. The monoisotopic (exact) mass is 454 g/mol. The van der Waals surface area contributed by atoms with Crippen molar-refractivity contribution in [2.45, 2.75) is 19.0 Å². The van der Waals surface area contributed by atoms with Crippen molar-refractivity contribution in [1.82, 2.24) is 10.8 Å². The summed E-state index contributed by atoms with van der Waals surface area (Å²) in [6, 6.07) is 24.9. The zero-order valence-electron chi connectivity index (χ0n) is 18.6. The fourth-order valence-electron chi connectivity index (χ4n) is 3.75. The SMILES string of the molecule is O=C(C=Cc1ccc(CNCC[C@@H]2N=C(c3ccccc3)c3ccccc3NC2=O)cc1)NO. The van der Waals surface area contributed by atoms with Gasteiger partial charge in [0.25, 0.3) is 5.91 Å². The Morgan fingerprint density at radius 3 is 2.50 bits per heavy atom. The number of nitrogens with one attached hydrogen (secondary N) is 3. The van der Waals surface area contributed by atoms with Gasteiger partial charge in [0.15, 0.2) is 0 Å². The van der Waals surface area contributed by atoms with E-state index in [1.54, 1.807) is 11.6 Å². The molecule has 0 unspecified atom stereocenters. The van der Waals surface area contributed by atoms with Crippen LogP contribution in [0.1, 0.15) is 28.7 Å². The van der Waals surface area contributed by atoms with Crippen LogP contribution >= 0.6 is 0 Å². The van der Waals surface area contributed by atoms with Crippen molar-refractivity contribution in [2.75, 3.05) is 11.9 Å². The van der Waals surface area contributed by atoms with Crippen molar-refractivity contribution in [3.05, 3.63) is 107 Å². The maximum absolute atomic E-state index is 12.9. The van der Waals surface area contributed by atoms with Crippen molar-refractivity contribution < 1.29 is 14.8 Å². The Kier molecular flexibility index (Phi) is 7.60. The van der Waals surface area contributed by atoms with Crippen LogP contribution in [0.2, 0.25) is 0 Å². The topological polar surface area (TPSA) is 103 Å². The molecule has 1 atom stereocenters. The maximum Gasteiger partial charge on any atom is 0.267 e. The van der Waals surface area contributed by atoms with Crippen molar-refractivity contribution in [3.8, 4) is 0 Å². The molecule has 0 saturated heterocycles. The van der Waals surface area contributed by atoms with E-state index >= 15 is 0 Å². The Morgan fingerprint density at radius 1 is 1.00 bits per heavy atom. The fourth-order valence-corrected chi connectivity index (χ4v) is 3.75. The molecule has 172 valence electrons. The number of fused-ring (bicyclic) bond motifs is 1. The number of nitrogens with zero attached hydrogens (tertiary/aromatic N) is 1. The van der Waals surface area contributed by atoms with Gasteiger partial charge in [-0.25, -0.2) is 5.48 Å². The highest BCUT2D eigenvalue weighted by atomic mass is 16.5. The van der Waals surface area contributed by atoms with E-state index in [2.05, 4.69) is 10.6 Å². The van der Waals surface area contributed by atoms with Gasteiger partial charge in [-0.05, 0) is 36.2 Å². The largest absolute Gasteiger partial charge is 0.324 e. The van der Waals surface area contributed by atoms with Crippen LogP contribution in [-0.4, -0.2) is 35.3 Å². The molecule has 4 N–H and O–H groups in total. The summed E-state index contributed by atoms with van der Waals surface area (Å²) in [5.41, 5.74) is 6.98. The van der Waals surface area contributed by atoms with Crippen LogP contribution in [0.25, 0.3) is 6.08 Å². The predicted molar refractivity (Wildman–Crippen MR) is 133 cm³/mol. The quantitative estimate of drug-likeness (QED) is 0.181. The molecule has 1 heterocycles. The van der Waals surface area contributed by atoms with E-state index < -0.39 is 11.9 Å². The third-order valence-electron chi connectivity index (χ3n) is 5.52. The second-order valence-corrected chi connectivity index (χ2v) is 7.91. The Hall–Kier alpha value is -4.07. The number of benzodiazepines with no additional fused rings is 1. The number of hydroxylamine groups is 1. The molecule has 3 aromatic rings. The molecule has 0 aromatic heterocycles. The van der Waals surface area contributed by atoms with Gasteiger partial charge in [0.05, 0.1) is 11.4 Å². The lowest BCUT2D eigenvalue weighted by molar-refractivity contribution is -0.124. The van der Waals surface area contributed by atoms with Gasteiger partial charge in [0, 0.05) is 23.7 Å². The molecule has 0 saturated carbocycles. The summed E-state index contributed by atoms with van der Waals surface area (Å²) >= 11 is 0. The van der Waals surface area contributed by atoms with E-state index in [4.69, 9.17) is 10.2 Å². The van der Waals surface area contributed by atoms with E-state index in [0.29, 0.717) is 19.5 Å². The smallest absolute Gasteiger partial charge is 0.267 e. The molecule has 3 aromatic carbocycles. The minimum atomic E-state index is -0.575. The highest BCUT2D eigenvalue weighted by Gasteiger charge is 2.25. The number of carbonyl (C=O) groups is 2. The number of carbonyl (C=O) groups excluding carboxylic acids is 2. The van der Waals surface area contributed by atoms with Crippen LogP contribution in [0.5, 0.6) is 0 Å². The first kappa shape index (κ1) is 23.1. The summed E-state index contributed by atoms with van der Waals surface area (Å²) in [7, 11) is 0. The van der Waals surface area contributed by atoms with E-state index in [1.165, 1.54) is 6.08 Å². The van der Waals surface area contributed by atoms with E-state index in [1.807, 2.05) is 78.9 Å². The maximum atomic E-state index is 12.9. The minimum Gasteiger partial charge on any atom is -0.324 e. The Labute approximate surface area is 198 Å². The average molecular weight is 455 g/mol. The summed E-state index contributed by atoms with van der Waals surface area (Å²) in [4.78, 5) is 28.8. The average Bonchev–Trinajstić information content (AvgIpc) is 3.02. The molecule has 0 bridgehead atoms. The zero-order valence-corrected chi connectivity index (χ0v) is 18.6. The van der Waals surface area contributed by atoms with Crippen LogP contribution in [0.3, 0.4) is 0 Å². The molecule has 0 spiro atoms. The Balaban J connectivity index is 1.39. The Bertz CT molecular complexity index is 1200. The number of hydrogen-bond donors (Lipinski definition) is 4. The van der Waals surface area contributed by atoms with Crippen LogP contribution in [0.15, 0.2) is 89.9 Å². The molecule has 1 aliphatic rings. The summed E-state index contributed by atoms with van der Waals surface area (Å²) in [6.07, 6.45) is 3.44. The van der Waals surface area contributed by atoms with Gasteiger partial charge in [-0.2, -0.15) is 0 Å². The van der Waals surface area contributed by atoms with E-state index in [-0.39, 0.29) is 5.91 Å². The lowest BCUT2D eigenvalue weighted by atomic mass is 10.0. The molecule has 4 rings (SSSR count). The van der Waals surface area contributed by atoms with Crippen LogP contribution in [-0.2, 0) is 16.1 Å².